The monoisotopic (exact) mass is 323 g/mol. The fraction of sp³-hybridized carbons (Fsp3) is 0.316. The van der Waals surface area contributed by atoms with Gasteiger partial charge in [-0.1, -0.05) is 30.3 Å². The molecule has 0 unspecified atom stereocenters. The summed E-state index contributed by atoms with van der Waals surface area (Å²) in [5.41, 5.74) is 2.40. The molecule has 5 heteroatoms. The van der Waals surface area contributed by atoms with Crippen molar-refractivity contribution in [3.8, 4) is 11.5 Å². The van der Waals surface area contributed by atoms with E-state index in [1.807, 2.05) is 24.4 Å². The molecule has 0 bridgehead atoms. The molecule has 1 fully saturated rings. The van der Waals surface area contributed by atoms with Crippen molar-refractivity contribution < 1.29 is 9.47 Å². The summed E-state index contributed by atoms with van der Waals surface area (Å²) in [5, 5.41) is 6.74. The van der Waals surface area contributed by atoms with Crippen molar-refractivity contribution in [2.75, 3.05) is 33.0 Å². The van der Waals surface area contributed by atoms with Gasteiger partial charge in [0.05, 0.1) is 6.21 Å². The predicted octanol–water partition coefficient (Wildman–Crippen LogP) is 2.57. The third-order valence-electron chi connectivity index (χ3n) is 4.36. The van der Waals surface area contributed by atoms with Gasteiger partial charge in [-0.25, -0.2) is 0 Å². The lowest BCUT2D eigenvalue weighted by Crippen LogP contribution is -2.43. The SMILES string of the molecule is C(=NN1CCN(Cc2ccccc2)CC1)c1ccc2c(c1)OCO2. The van der Waals surface area contributed by atoms with Crippen LogP contribution in [0.25, 0.3) is 0 Å². The Balaban J connectivity index is 1.30. The average molecular weight is 323 g/mol. The highest BCUT2D eigenvalue weighted by molar-refractivity contribution is 5.80. The zero-order valence-corrected chi connectivity index (χ0v) is 13.6. The molecule has 0 saturated carbocycles. The number of benzene rings is 2. The number of hydrazone groups is 1. The minimum Gasteiger partial charge on any atom is -0.454 e. The molecular formula is C19H21N3O2. The van der Waals surface area contributed by atoms with Crippen LogP contribution < -0.4 is 9.47 Å². The summed E-state index contributed by atoms with van der Waals surface area (Å²) in [6.07, 6.45) is 1.90. The Labute approximate surface area is 142 Å². The van der Waals surface area contributed by atoms with Crippen LogP contribution in [-0.4, -0.2) is 49.1 Å². The Hall–Kier alpha value is -2.53. The van der Waals surface area contributed by atoms with Crippen LogP contribution in [0.5, 0.6) is 11.5 Å². The van der Waals surface area contributed by atoms with E-state index in [1.54, 1.807) is 0 Å². The molecule has 0 aromatic heterocycles. The van der Waals surface area contributed by atoms with E-state index in [0.29, 0.717) is 6.79 Å². The van der Waals surface area contributed by atoms with E-state index < -0.39 is 0 Å². The van der Waals surface area contributed by atoms with E-state index >= 15 is 0 Å². The summed E-state index contributed by atoms with van der Waals surface area (Å²) >= 11 is 0. The Morgan fingerprint density at radius 3 is 2.54 bits per heavy atom. The molecule has 0 spiro atoms. The zero-order chi connectivity index (χ0) is 16.2. The first-order valence-corrected chi connectivity index (χ1v) is 8.32. The van der Waals surface area contributed by atoms with E-state index in [9.17, 15) is 0 Å². The predicted molar refractivity (Wildman–Crippen MR) is 93.5 cm³/mol. The summed E-state index contributed by atoms with van der Waals surface area (Å²) in [7, 11) is 0. The van der Waals surface area contributed by atoms with Gasteiger partial charge >= 0.3 is 0 Å². The first kappa shape index (κ1) is 15.0. The maximum atomic E-state index is 5.40. The molecule has 0 aliphatic carbocycles. The number of fused-ring (bicyclic) bond motifs is 1. The first-order chi connectivity index (χ1) is 11.9. The molecule has 0 radical (unpaired) electrons. The molecule has 2 heterocycles. The maximum absolute atomic E-state index is 5.40. The van der Waals surface area contributed by atoms with E-state index in [1.165, 1.54) is 5.56 Å². The highest BCUT2D eigenvalue weighted by Gasteiger charge is 2.16. The van der Waals surface area contributed by atoms with E-state index in [2.05, 4.69) is 45.3 Å². The maximum Gasteiger partial charge on any atom is 0.231 e. The lowest BCUT2D eigenvalue weighted by Gasteiger charge is -2.33. The summed E-state index contributed by atoms with van der Waals surface area (Å²) < 4.78 is 10.7. The summed E-state index contributed by atoms with van der Waals surface area (Å²) in [6, 6.07) is 16.5. The van der Waals surface area contributed by atoms with Crippen LogP contribution in [0.15, 0.2) is 53.6 Å². The van der Waals surface area contributed by atoms with E-state index in [4.69, 9.17) is 9.47 Å². The largest absolute Gasteiger partial charge is 0.454 e. The number of nitrogens with zero attached hydrogens (tertiary/aromatic N) is 3. The highest BCUT2D eigenvalue weighted by atomic mass is 16.7. The van der Waals surface area contributed by atoms with Crippen LogP contribution >= 0.6 is 0 Å². The van der Waals surface area contributed by atoms with Gasteiger partial charge < -0.3 is 9.47 Å². The quantitative estimate of drug-likeness (QED) is 0.811. The molecule has 0 atom stereocenters. The molecule has 2 aromatic rings. The second-order valence-electron chi connectivity index (χ2n) is 6.07. The minimum absolute atomic E-state index is 0.305. The summed E-state index contributed by atoms with van der Waals surface area (Å²) in [5.74, 6) is 1.60. The standard InChI is InChI=1S/C19H21N3O2/c1-2-4-16(5-3-1)14-21-8-10-22(11-9-21)20-13-17-6-7-18-19(12-17)24-15-23-18/h1-7,12-13H,8-11,14-15H2. The first-order valence-electron chi connectivity index (χ1n) is 8.32. The Morgan fingerprint density at radius 1 is 0.917 bits per heavy atom. The van der Waals surface area contributed by atoms with Gasteiger partial charge in [-0.15, -0.1) is 0 Å². The van der Waals surface area contributed by atoms with E-state index in [-0.39, 0.29) is 0 Å². The number of ether oxygens (including phenoxy) is 2. The molecule has 1 saturated heterocycles. The third kappa shape index (κ3) is 3.51. The molecule has 2 aromatic carbocycles. The van der Waals surface area contributed by atoms with Crippen molar-refractivity contribution in [1.29, 1.82) is 0 Å². The van der Waals surface area contributed by atoms with Crippen molar-refractivity contribution in [3.05, 3.63) is 59.7 Å². The van der Waals surface area contributed by atoms with Gasteiger partial charge in [-0.2, -0.15) is 5.10 Å². The third-order valence-corrected chi connectivity index (χ3v) is 4.36. The number of piperazine rings is 1. The van der Waals surface area contributed by atoms with Crippen molar-refractivity contribution in [2.45, 2.75) is 6.54 Å². The molecule has 2 aliphatic heterocycles. The van der Waals surface area contributed by atoms with Crippen LogP contribution in [0, 0.1) is 0 Å². The topological polar surface area (TPSA) is 37.3 Å². The molecule has 24 heavy (non-hydrogen) atoms. The van der Waals surface area contributed by atoms with Crippen molar-refractivity contribution in [2.24, 2.45) is 5.10 Å². The second-order valence-corrected chi connectivity index (χ2v) is 6.07. The van der Waals surface area contributed by atoms with Crippen molar-refractivity contribution in [1.82, 2.24) is 9.91 Å². The van der Waals surface area contributed by atoms with Gasteiger partial charge in [0.15, 0.2) is 11.5 Å². The highest BCUT2D eigenvalue weighted by Crippen LogP contribution is 2.32. The normalized spacial score (nSPS) is 17.6. The summed E-state index contributed by atoms with van der Waals surface area (Å²) in [6.45, 7) is 5.29. The molecule has 5 nitrogen and oxygen atoms in total. The molecule has 4 rings (SSSR count). The summed E-state index contributed by atoms with van der Waals surface area (Å²) in [4.78, 5) is 2.47. The molecule has 0 amide bonds. The van der Waals surface area contributed by atoms with Crippen molar-refractivity contribution in [3.63, 3.8) is 0 Å². The number of hydrogen-bond donors (Lipinski definition) is 0. The van der Waals surface area contributed by atoms with Gasteiger partial charge in [0.2, 0.25) is 6.79 Å². The lowest BCUT2D eigenvalue weighted by atomic mass is 10.2. The average Bonchev–Trinajstić information content (AvgIpc) is 3.10. The Morgan fingerprint density at radius 2 is 1.71 bits per heavy atom. The van der Waals surface area contributed by atoms with Gasteiger partial charge in [-0.05, 0) is 29.3 Å². The van der Waals surface area contributed by atoms with Gasteiger partial charge in [0.1, 0.15) is 0 Å². The number of rotatable bonds is 4. The zero-order valence-electron chi connectivity index (χ0n) is 13.6. The Bertz CT molecular complexity index is 710. The van der Waals surface area contributed by atoms with Crippen LogP contribution in [0.4, 0.5) is 0 Å². The number of hydrogen-bond acceptors (Lipinski definition) is 5. The minimum atomic E-state index is 0.305. The lowest BCUT2D eigenvalue weighted by molar-refractivity contribution is 0.131. The molecule has 2 aliphatic rings. The van der Waals surface area contributed by atoms with Crippen LogP contribution in [0.1, 0.15) is 11.1 Å². The Kier molecular flexibility index (Phi) is 4.34. The fourth-order valence-electron chi connectivity index (χ4n) is 2.99. The van der Waals surface area contributed by atoms with Crippen LogP contribution in [0.3, 0.4) is 0 Å². The van der Waals surface area contributed by atoms with Gasteiger partial charge in [-0.3, -0.25) is 9.91 Å². The van der Waals surface area contributed by atoms with Crippen molar-refractivity contribution >= 4 is 6.21 Å². The van der Waals surface area contributed by atoms with Gasteiger partial charge in [0, 0.05) is 32.7 Å². The smallest absolute Gasteiger partial charge is 0.231 e. The van der Waals surface area contributed by atoms with Crippen LogP contribution in [-0.2, 0) is 6.54 Å². The molecule has 124 valence electrons. The van der Waals surface area contributed by atoms with Gasteiger partial charge in [0.25, 0.3) is 0 Å². The second kappa shape index (κ2) is 6.93. The fourth-order valence-corrected chi connectivity index (χ4v) is 2.99. The van der Waals surface area contributed by atoms with E-state index in [0.717, 1.165) is 49.8 Å². The molecular weight excluding hydrogens is 302 g/mol. The van der Waals surface area contributed by atoms with Crippen LogP contribution in [0.2, 0.25) is 0 Å². The molecule has 0 N–H and O–H groups in total.